The predicted octanol–water partition coefficient (Wildman–Crippen LogP) is 2.47. The van der Waals surface area contributed by atoms with Crippen LogP contribution >= 0.6 is 0 Å². The van der Waals surface area contributed by atoms with Crippen LogP contribution in [0.3, 0.4) is 0 Å². The van der Waals surface area contributed by atoms with Gasteiger partial charge in [-0.25, -0.2) is 0 Å². The van der Waals surface area contributed by atoms with E-state index >= 15 is 0 Å². The molecule has 0 aromatic heterocycles. The normalized spacial score (nSPS) is 17.8. The van der Waals surface area contributed by atoms with Gasteiger partial charge in [-0.15, -0.1) is 0 Å². The van der Waals surface area contributed by atoms with Crippen LogP contribution < -0.4 is 0 Å². The number of hydrogen-bond acceptors (Lipinski definition) is 2. The molecule has 1 saturated heterocycles. The summed E-state index contributed by atoms with van der Waals surface area (Å²) in [6.45, 7) is 6.86. The number of piperidine rings is 1. The smallest absolute Gasteiger partial charge is 0.146 e. The lowest BCUT2D eigenvalue weighted by atomic mass is 10.0. The molecule has 1 aromatic carbocycles. The Balaban J connectivity index is 2.03. The van der Waals surface area contributed by atoms with Crippen LogP contribution in [0, 0.1) is 13.8 Å². The van der Waals surface area contributed by atoms with E-state index in [4.69, 9.17) is 0 Å². The van der Waals surface area contributed by atoms with Gasteiger partial charge >= 0.3 is 0 Å². The van der Waals surface area contributed by atoms with E-state index < -0.39 is 0 Å². The molecule has 1 heterocycles. The maximum Gasteiger partial charge on any atom is 0.146 e. The molecule has 0 amide bonds. The molecule has 1 aliphatic heterocycles. The molecule has 0 aliphatic carbocycles. The topological polar surface area (TPSA) is 20.3 Å². The molecule has 0 atom stereocenters. The van der Waals surface area contributed by atoms with Crippen LogP contribution in [0.25, 0.3) is 0 Å². The summed E-state index contributed by atoms with van der Waals surface area (Å²) >= 11 is 0. The first kappa shape index (κ1) is 11.3. The number of nitrogens with zero attached hydrogens (tertiary/aromatic N) is 1. The monoisotopic (exact) mass is 217 g/mol. The summed E-state index contributed by atoms with van der Waals surface area (Å²) in [5.41, 5.74) is 3.98. The molecule has 0 N–H and O–H groups in total. The zero-order valence-electron chi connectivity index (χ0n) is 10.1. The number of carbonyl (C=O) groups is 1. The molecule has 1 fully saturated rings. The van der Waals surface area contributed by atoms with Crippen LogP contribution in [0.5, 0.6) is 0 Å². The second-order valence-corrected chi connectivity index (χ2v) is 4.77. The van der Waals surface area contributed by atoms with Crippen LogP contribution in [0.1, 0.15) is 29.5 Å². The van der Waals surface area contributed by atoms with Crippen LogP contribution in [-0.4, -0.2) is 23.8 Å². The van der Waals surface area contributed by atoms with Gasteiger partial charge in [0.25, 0.3) is 0 Å². The van der Waals surface area contributed by atoms with Crippen molar-refractivity contribution in [2.75, 3.05) is 13.1 Å². The Kier molecular flexibility index (Phi) is 3.39. The number of benzene rings is 1. The van der Waals surface area contributed by atoms with Gasteiger partial charge < -0.3 is 0 Å². The molecule has 86 valence electrons. The van der Waals surface area contributed by atoms with Gasteiger partial charge in [-0.2, -0.15) is 0 Å². The van der Waals surface area contributed by atoms with Crippen molar-refractivity contribution in [3.8, 4) is 0 Å². The van der Waals surface area contributed by atoms with Crippen molar-refractivity contribution in [1.29, 1.82) is 0 Å². The molecule has 2 heteroatoms. The molecule has 2 rings (SSSR count). The van der Waals surface area contributed by atoms with E-state index in [1.807, 2.05) is 0 Å². The van der Waals surface area contributed by atoms with Crippen molar-refractivity contribution in [3.63, 3.8) is 0 Å². The van der Waals surface area contributed by atoms with E-state index in [-0.39, 0.29) is 0 Å². The highest BCUT2D eigenvalue weighted by atomic mass is 16.1. The molecule has 0 bridgehead atoms. The molecule has 0 unspecified atom stereocenters. The van der Waals surface area contributed by atoms with Gasteiger partial charge in [0.15, 0.2) is 0 Å². The van der Waals surface area contributed by atoms with Crippen LogP contribution in [0.2, 0.25) is 0 Å². The zero-order chi connectivity index (χ0) is 11.5. The van der Waals surface area contributed by atoms with Crippen LogP contribution in [0.4, 0.5) is 0 Å². The highest BCUT2D eigenvalue weighted by molar-refractivity contribution is 5.81. The Morgan fingerprint density at radius 3 is 2.75 bits per heavy atom. The summed E-state index contributed by atoms with van der Waals surface area (Å²) in [6, 6.07) is 6.56. The second kappa shape index (κ2) is 4.79. The van der Waals surface area contributed by atoms with Crippen molar-refractivity contribution < 1.29 is 4.79 Å². The maximum atomic E-state index is 11.3. The molecule has 0 saturated carbocycles. The van der Waals surface area contributed by atoms with Gasteiger partial charge in [0.2, 0.25) is 0 Å². The standard InChI is InChI=1S/C14H19NO/c1-11-5-6-13(8-12(11)2)9-15-7-3-4-14(16)10-15/h5-6,8H,3-4,7,9-10H2,1-2H3. The Morgan fingerprint density at radius 2 is 2.06 bits per heavy atom. The Labute approximate surface area is 97.3 Å². The van der Waals surface area contributed by atoms with E-state index in [9.17, 15) is 4.79 Å². The SMILES string of the molecule is Cc1ccc(CN2CCCC(=O)C2)cc1C. The first-order valence-corrected chi connectivity index (χ1v) is 5.95. The number of aryl methyl sites for hydroxylation is 2. The minimum atomic E-state index is 0.384. The summed E-state index contributed by atoms with van der Waals surface area (Å²) in [7, 11) is 0. The number of hydrogen-bond donors (Lipinski definition) is 0. The molecular formula is C14H19NO. The van der Waals surface area contributed by atoms with Crippen LogP contribution in [0.15, 0.2) is 18.2 Å². The highest BCUT2D eigenvalue weighted by Gasteiger charge is 2.16. The number of Topliss-reactive ketones (excluding diaryl/α,β-unsaturated/α-hetero) is 1. The number of carbonyl (C=O) groups excluding carboxylic acids is 1. The fraction of sp³-hybridized carbons (Fsp3) is 0.500. The lowest BCUT2D eigenvalue weighted by Gasteiger charge is -2.25. The Morgan fingerprint density at radius 1 is 1.25 bits per heavy atom. The lowest BCUT2D eigenvalue weighted by molar-refractivity contribution is -0.122. The molecule has 2 nitrogen and oxygen atoms in total. The minimum absolute atomic E-state index is 0.384. The van der Waals surface area contributed by atoms with E-state index in [0.29, 0.717) is 12.3 Å². The quantitative estimate of drug-likeness (QED) is 0.758. The van der Waals surface area contributed by atoms with E-state index in [0.717, 1.165) is 25.9 Å². The maximum absolute atomic E-state index is 11.3. The van der Waals surface area contributed by atoms with Gasteiger partial charge in [-0.1, -0.05) is 18.2 Å². The highest BCUT2D eigenvalue weighted by Crippen LogP contribution is 2.14. The Bertz CT molecular complexity index is 398. The van der Waals surface area contributed by atoms with Gasteiger partial charge in [0, 0.05) is 13.0 Å². The second-order valence-electron chi connectivity index (χ2n) is 4.77. The summed E-state index contributed by atoms with van der Waals surface area (Å²) in [4.78, 5) is 13.6. The van der Waals surface area contributed by atoms with E-state index in [2.05, 4.69) is 36.9 Å². The van der Waals surface area contributed by atoms with Crippen molar-refractivity contribution in [3.05, 3.63) is 34.9 Å². The average molecular weight is 217 g/mol. The molecule has 16 heavy (non-hydrogen) atoms. The average Bonchev–Trinajstić information content (AvgIpc) is 2.24. The Hall–Kier alpha value is -1.15. The fourth-order valence-corrected chi connectivity index (χ4v) is 2.20. The van der Waals surface area contributed by atoms with Gasteiger partial charge in [0.1, 0.15) is 5.78 Å². The minimum Gasteiger partial charge on any atom is -0.298 e. The summed E-state index contributed by atoms with van der Waals surface area (Å²) < 4.78 is 0. The third-order valence-electron chi connectivity index (χ3n) is 3.31. The third kappa shape index (κ3) is 2.70. The van der Waals surface area contributed by atoms with Gasteiger partial charge in [-0.3, -0.25) is 9.69 Å². The zero-order valence-corrected chi connectivity index (χ0v) is 10.1. The summed E-state index contributed by atoms with van der Waals surface area (Å²) in [5.74, 6) is 0.384. The molecule has 0 spiro atoms. The van der Waals surface area contributed by atoms with Crippen molar-refractivity contribution in [2.45, 2.75) is 33.2 Å². The van der Waals surface area contributed by atoms with Crippen LogP contribution in [-0.2, 0) is 11.3 Å². The van der Waals surface area contributed by atoms with E-state index in [1.54, 1.807) is 0 Å². The molecular weight excluding hydrogens is 198 g/mol. The van der Waals surface area contributed by atoms with Crippen molar-refractivity contribution >= 4 is 5.78 Å². The first-order chi connectivity index (χ1) is 7.65. The van der Waals surface area contributed by atoms with Crippen molar-refractivity contribution in [1.82, 2.24) is 4.90 Å². The molecule has 1 aliphatic rings. The third-order valence-corrected chi connectivity index (χ3v) is 3.31. The fourth-order valence-electron chi connectivity index (χ4n) is 2.20. The molecule has 1 aromatic rings. The summed E-state index contributed by atoms with van der Waals surface area (Å²) in [6.07, 6.45) is 1.78. The number of likely N-dealkylation sites (tertiary alicyclic amines) is 1. The summed E-state index contributed by atoms with van der Waals surface area (Å²) in [5, 5.41) is 0. The largest absolute Gasteiger partial charge is 0.298 e. The van der Waals surface area contributed by atoms with Gasteiger partial charge in [0.05, 0.1) is 6.54 Å². The van der Waals surface area contributed by atoms with E-state index in [1.165, 1.54) is 16.7 Å². The first-order valence-electron chi connectivity index (χ1n) is 5.95. The number of rotatable bonds is 2. The lowest BCUT2D eigenvalue weighted by Crippen LogP contribution is -2.34. The molecule has 0 radical (unpaired) electrons. The number of ketones is 1. The van der Waals surface area contributed by atoms with Gasteiger partial charge in [-0.05, 0) is 43.5 Å². The van der Waals surface area contributed by atoms with Crippen molar-refractivity contribution in [2.24, 2.45) is 0 Å². The predicted molar refractivity (Wildman–Crippen MR) is 65.4 cm³/mol.